The molecule has 1 unspecified atom stereocenters. The molecule has 0 aromatic rings. The maximum Gasteiger partial charge on any atom is 0.306 e. The molecule has 0 aromatic heterocycles. The Morgan fingerprint density at radius 1 is 0.462 bits per heavy atom. The van der Waals surface area contributed by atoms with Crippen molar-refractivity contribution in [3.8, 4) is 0 Å². The van der Waals surface area contributed by atoms with Crippen LogP contribution < -0.4 is 0 Å². The van der Waals surface area contributed by atoms with Gasteiger partial charge in [-0.1, -0.05) is 155 Å². The lowest BCUT2D eigenvalue weighted by molar-refractivity contribution is -0.150. The molecular weight excluding hydrogens is 484 g/mol. The molecule has 232 valence electrons. The van der Waals surface area contributed by atoms with Crippen LogP contribution in [0.3, 0.4) is 0 Å². The quantitative estimate of drug-likeness (QED) is 0.0665. The third-order valence-corrected chi connectivity index (χ3v) is 8.08. The molecular formula is C35H68O4. The van der Waals surface area contributed by atoms with Crippen LogP contribution in [0.2, 0.25) is 0 Å². The number of hydrogen-bond acceptors (Lipinski definition) is 3. The van der Waals surface area contributed by atoms with Crippen LogP contribution in [0, 0.1) is 0 Å². The molecule has 4 heteroatoms. The van der Waals surface area contributed by atoms with E-state index in [1.165, 1.54) is 128 Å². The first-order chi connectivity index (χ1) is 19.1. The topological polar surface area (TPSA) is 63.6 Å². The van der Waals surface area contributed by atoms with Crippen molar-refractivity contribution in [2.75, 3.05) is 0 Å². The van der Waals surface area contributed by atoms with E-state index in [9.17, 15) is 9.59 Å². The first-order valence-electron chi connectivity index (χ1n) is 17.5. The standard InChI is InChI=1S/C35H68O4/c1-3-5-7-9-10-11-12-13-14-15-16-20-24-28-32-35(38)39-33(29-25-21-8-6-4-2)30-26-22-18-17-19-23-27-31-34(36)37/h33H,3-32H2,1-2H3,(H,36,37). The maximum atomic E-state index is 12.5. The molecule has 0 aliphatic heterocycles. The van der Waals surface area contributed by atoms with Crippen LogP contribution in [0.5, 0.6) is 0 Å². The van der Waals surface area contributed by atoms with E-state index in [1.54, 1.807) is 0 Å². The predicted molar refractivity (Wildman–Crippen MR) is 167 cm³/mol. The molecule has 1 N–H and O–H groups in total. The minimum Gasteiger partial charge on any atom is -0.481 e. The van der Waals surface area contributed by atoms with Gasteiger partial charge >= 0.3 is 11.9 Å². The minimum absolute atomic E-state index is 0.0194. The number of unbranched alkanes of at least 4 members (excludes halogenated alkanes) is 23. The van der Waals surface area contributed by atoms with Gasteiger partial charge in [-0.3, -0.25) is 9.59 Å². The largest absolute Gasteiger partial charge is 0.481 e. The van der Waals surface area contributed by atoms with E-state index in [0.717, 1.165) is 51.4 Å². The van der Waals surface area contributed by atoms with E-state index < -0.39 is 5.97 Å². The van der Waals surface area contributed by atoms with E-state index in [2.05, 4.69) is 13.8 Å². The van der Waals surface area contributed by atoms with Crippen molar-refractivity contribution in [2.45, 2.75) is 213 Å². The van der Waals surface area contributed by atoms with E-state index in [-0.39, 0.29) is 12.1 Å². The van der Waals surface area contributed by atoms with Gasteiger partial charge in [0.1, 0.15) is 6.10 Å². The predicted octanol–water partition coefficient (Wildman–Crippen LogP) is 11.7. The first kappa shape index (κ1) is 37.9. The van der Waals surface area contributed by atoms with Gasteiger partial charge in [-0.2, -0.15) is 0 Å². The highest BCUT2D eigenvalue weighted by atomic mass is 16.5. The summed E-state index contributed by atoms with van der Waals surface area (Å²) in [5.74, 6) is -0.666. The first-order valence-corrected chi connectivity index (χ1v) is 17.5. The maximum absolute atomic E-state index is 12.5. The number of carbonyl (C=O) groups excluding carboxylic acids is 1. The lowest BCUT2D eigenvalue weighted by Crippen LogP contribution is -2.18. The van der Waals surface area contributed by atoms with E-state index in [1.807, 2.05) is 0 Å². The van der Waals surface area contributed by atoms with Crippen LogP contribution in [0.25, 0.3) is 0 Å². The Bertz CT molecular complexity index is 519. The Labute approximate surface area is 243 Å². The molecule has 0 bridgehead atoms. The fourth-order valence-electron chi connectivity index (χ4n) is 5.48. The number of hydrogen-bond donors (Lipinski definition) is 1. The Balaban J connectivity index is 3.85. The van der Waals surface area contributed by atoms with Crippen molar-refractivity contribution in [2.24, 2.45) is 0 Å². The zero-order chi connectivity index (χ0) is 28.7. The molecule has 0 heterocycles. The SMILES string of the molecule is CCCCCCCCCCCCCCCCC(=O)OC(CCCCCCC)CCCCCCCCCC(=O)O. The van der Waals surface area contributed by atoms with Gasteiger partial charge in [0.25, 0.3) is 0 Å². The van der Waals surface area contributed by atoms with Gasteiger partial charge in [0.2, 0.25) is 0 Å². The summed E-state index contributed by atoms with van der Waals surface area (Å²) in [5.41, 5.74) is 0. The highest BCUT2D eigenvalue weighted by Gasteiger charge is 2.14. The number of aliphatic carboxylic acids is 1. The molecule has 0 rings (SSSR count). The highest BCUT2D eigenvalue weighted by molar-refractivity contribution is 5.69. The summed E-state index contributed by atoms with van der Waals surface area (Å²) < 4.78 is 5.96. The zero-order valence-corrected chi connectivity index (χ0v) is 26.5. The monoisotopic (exact) mass is 553 g/mol. The zero-order valence-electron chi connectivity index (χ0n) is 26.5. The number of carbonyl (C=O) groups is 2. The van der Waals surface area contributed by atoms with E-state index in [4.69, 9.17) is 9.84 Å². The van der Waals surface area contributed by atoms with Gasteiger partial charge in [-0.25, -0.2) is 0 Å². The lowest BCUT2D eigenvalue weighted by Gasteiger charge is -2.18. The molecule has 0 amide bonds. The fraction of sp³-hybridized carbons (Fsp3) is 0.943. The van der Waals surface area contributed by atoms with Crippen molar-refractivity contribution < 1.29 is 19.4 Å². The summed E-state index contributed by atoms with van der Waals surface area (Å²) in [6, 6.07) is 0. The van der Waals surface area contributed by atoms with Gasteiger partial charge in [0, 0.05) is 12.8 Å². The summed E-state index contributed by atoms with van der Waals surface area (Å²) in [5, 5.41) is 8.71. The number of ether oxygens (including phenoxy) is 1. The second-order valence-electron chi connectivity index (χ2n) is 12.1. The molecule has 0 fully saturated rings. The van der Waals surface area contributed by atoms with Crippen molar-refractivity contribution in [3.63, 3.8) is 0 Å². The molecule has 4 nitrogen and oxygen atoms in total. The summed E-state index contributed by atoms with van der Waals surface area (Å²) in [4.78, 5) is 23.1. The second-order valence-corrected chi connectivity index (χ2v) is 12.1. The molecule has 0 saturated heterocycles. The Hall–Kier alpha value is -1.06. The van der Waals surface area contributed by atoms with Crippen molar-refractivity contribution in [1.82, 2.24) is 0 Å². The number of esters is 1. The summed E-state index contributed by atoms with van der Waals surface area (Å²) >= 11 is 0. The lowest BCUT2D eigenvalue weighted by atomic mass is 10.0. The molecule has 1 atom stereocenters. The van der Waals surface area contributed by atoms with Crippen molar-refractivity contribution in [1.29, 1.82) is 0 Å². The van der Waals surface area contributed by atoms with Crippen LogP contribution in [0.15, 0.2) is 0 Å². The molecule has 0 aliphatic rings. The molecule has 0 saturated carbocycles. The van der Waals surface area contributed by atoms with Crippen LogP contribution in [-0.2, 0) is 14.3 Å². The average Bonchev–Trinajstić information content (AvgIpc) is 2.91. The molecule has 0 spiro atoms. The van der Waals surface area contributed by atoms with Crippen molar-refractivity contribution >= 4 is 11.9 Å². The second kappa shape index (κ2) is 31.5. The third kappa shape index (κ3) is 31.3. The number of rotatable bonds is 32. The van der Waals surface area contributed by atoms with Gasteiger partial charge in [0.05, 0.1) is 0 Å². The van der Waals surface area contributed by atoms with Crippen LogP contribution in [0.4, 0.5) is 0 Å². The normalized spacial score (nSPS) is 12.1. The summed E-state index contributed by atoms with van der Waals surface area (Å²) in [6.07, 6.45) is 35.5. The highest BCUT2D eigenvalue weighted by Crippen LogP contribution is 2.19. The van der Waals surface area contributed by atoms with Gasteiger partial charge in [0.15, 0.2) is 0 Å². The summed E-state index contributed by atoms with van der Waals surface area (Å²) in [7, 11) is 0. The van der Waals surface area contributed by atoms with Crippen LogP contribution in [-0.4, -0.2) is 23.1 Å². The Morgan fingerprint density at radius 3 is 1.13 bits per heavy atom. The van der Waals surface area contributed by atoms with E-state index in [0.29, 0.717) is 12.8 Å². The average molecular weight is 553 g/mol. The van der Waals surface area contributed by atoms with Gasteiger partial charge in [-0.15, -0.1) is 0 Å². The fourth-order valence-corrected chi connectivity index (χ4v) is 5.48. The van der Waals surface area contributed by atoms with Crippen LogP contribution in [0.1, 0.15) is 206 Å². The molecule has 0 radical (unpaired) electrons. The Kier molecular flexibility index (Phi) is 30.6. The number of carboxylic acids is 1. The molecule has 0 aliphatic carbocycles. The minimum atomic E-state index is -0.686. The van der Waals surface area contributed by atoms with Crippen LogP contribution >= 0.6 is 0 Å². The van der Waals surface area contributed by atoms with Gasteiger partial charge in [-0.05, 0) is 38.5 Å². The molecule has 0 aromatic carbocycles. The smallest absolute Gasteiger partial charge is 0.306 e. The summed E-state index contributed by atoms with van der Waals surface area (Å²) in [6.45, 7) is 4.52. The third-order valence-electron chi connectivity index (χ3n) is 8.08. The molecule has 39 heavy (non-hydrogen) atoms. The van der Waals surface area contributed by atoms with E-state index >= 15 is 0 Å². The number of carboxylic acid groups (broad SMARTS) is 1. The van der Waals surface area contributed by atoms with Gasteiger partial charge < -0.3 is 9.84 Å². The Morgan fingerprint density at radius 2 is 0.769 bits per heavy atom. The van der Waals surface area contributed by atoms with Crippen molar-refractivity contribution in [3.05, 3.63) is 0 Å².